The second-order valence-corrected chi connectivity index (χ2v) is 4.34. The maximum absolute atomic E-state index is 10.7. The summed E-state index contributed by atoms with van der Waals surface area (Å²) in [5.74, 6) is 0.678. The standard InChI is InChI=1S/C15H16N2O3/c1-11-16-7-8-17(11)10-13-9-14(20-2)5-3-12(13)4-6-15(18)19/h3-9H,10H2,1-2H3,(H,18,19). The normalized spacial score (nSPS) is 10.9. The molecule has 5 nitrogen and oxygen atoms in total. The molecule has 5 heteroatoms. The second-order valence-electron chi connectivity index (χ2n) is 4.34. The summed E-state index contributed by atoms with van der Waals surface area (Å²) in [6.45, 7) is 2.54. The summed E-state index contributed by atoms with van der Waals surface area (Å²) in [4.78, 5) is 14.8. The molecule has 0 unspecified atom stereocenters. The van der Waals surface area contributed by atoms with Crippen molar-refractivity contribution < 1.29 is 14.6 Å². The molecule has 0 radical (unpaired) electrons. The number of rotatable bonds is 5. The highest BCUT2D eigenvalue weighted by Crippen LogP contribution is 2.20. The quantitative estimate of drug-likeness (QED) is 0.848. The van der Waals surface area contributed by atoms with Gasteiger partial charge in [0.05, 0.1) is 7.11 Å². The molecular formula is C15H16N2O3. The number of nitrogens with zero attached hydrogens (tertiary/aromatic N) is 2. The van der Waals surface area contributed by atoms with Gasteiger partial charge in [-0.1, -0.05) is 6.07 Å². The molecule has 1 heterocycles. The van der Waals surface area contributed by atoms with Gasteiger partial charge in [-0.15, -0.1) is 0 Å². The minimum atomic E-state index is -0.967. The molecule has 0 bridgehead atoms. The molecular weight excluding hydrogens is 256 g/mol. The van der Waals surface area contributed by atoms with Crippen LogP contribution in [0.2, 0.25) is 0 Å². The van der Waals surface area contributed by atoms with Crippen molar-refractivity contribution in [3.05, 3.63) is 53.6 Å². The molecule has 0 aliphatic rings. The second kappa shape index (κ2) is 6.06. The molecule has 0 saturated heterocycles. The smallest absolute Gasteiger partial charge is 0.328 e. The third kappa shape index (κ3) is 3.26. The topological polar surface area (TPSA) is 64.3 Å². The lowest BCUT2D eigenvalue weighted by atomic mass is 10.1. The Morgan fingerprint density at radius 2 is 2.30 bits per heavy atom. The summed E-state index contributed by atoms with van der Waals surface area (Å²) in [7, 11) is 1.61. The van der Waals surface area contributed by atoms with E-state index in [1.54, 1.807) is 19.4 Å². The lowest BCUT2D eigenvalue weighted by Crippen LogP contribution is -2.03. The molecule has 20 heavy (non-hydrogen) atoms. The fourth-order valence-corrected chi connectivity index (χ4v) is 1.92. The third-order valence-corrected chi connectivity index (χ3v) is 3.02. The monoisotopic (exact) mass is 272 g/mol. The Morgan fingerprint density at radius 3 is 2.90 bits per heavy atom. The van der Waals surface area contributed by atoms with Crippen LogP contribution in [0.15, 0.2) is 36.7 Å². The number of imidazole rings is 1. The Balaban J connectivity index is 2.37. The maximum Gasteiger partial charge on any atom is 0.328 e. The molecule has 0 amide bonds. The van der Waals surface area contributed by atoms with E-state index in [9.17, 15) is 4.79 Å². The van der Waals surface area contributed by atoms with Gasteiger partial charge in [-0.2, -0.15) is 0 Å². The van der Waals surface area contributed by atoms with Crippen molar-refractivity contribution in [2.24, 2.45) is 0 Å². The van der Waals surface area contributed by atoms with Gasteiger partial charge in [0.25, 0.3) is 0 Å². The molecule has 0 saturated carbocycles. The van der Waals surface area contributed by atoms with E-state index < -0.39 is 5.97 Å². The highest BCUT2D eigenvalue weighted by Gasteiger charge is 2.05. The van der Waals surface area contributed by atoms with Gasteiger partial charge in [-0.05, 0) is 36.3 Å². The molecule has 104 valence electrons. The third-order valence-electron chi connectivity index (χ3n) is 3.02. The summed E-state index contributed by atoms with van der Waals surface area (Å²) >= 11 is 0. The molecule has 0 aliphatic carbocycles. The zero-order valence-electron chi connectivity index (χ0n) is 11.4. The predicted molar refractivity (Wildman–Crippen MR) is 75.7 cm³/mol. The van der Waals surface area contributed by atoms with Crippen molar-refractivity contribution in [1.29, 1.82) is 0 Å². The van der Waals surface area contributed by atoms with Crippen molar-refractivity contribution in [2.75, 3.05) is 7.11 Å². The van der Waals surface area contributed by atoms with Crippen molar-refractivity contribution in [1.82, 2.24) is 9.55 Å². The number of carboxylic acid groups (broad SMARTS) is 1. The van der Waals surface area contributed by atoms with Crippen molar-refractivity contribution in [2.45, 2.75) is 13.5 Å². The van der Waals surface area contributed by atoms with Crippen LogP contribution in [0.1, 0.15) is 17.0 Å². The Labute approximate surface area is 117 Å². The molecule has 0 spiro atoms. The van der Waals surface area contributed by atoms with E-state index >= 15 is 0 Å². The predicted octanol–water partition coefficient (Wildman–Crippen LogP) is 2.35. The largest absolute Gasteiger partial charge is 0.497 e. The van der Waals surface area contributed by atoms with Crippen LogP contribution in [-0.2, 0) is 11.3 Å². The average Bonchev–Trinajstić information content (AvgIpc) is 2.82. The SMILES string of the molecule is COc1ccc(C=CC(=O)O)c(Cn2ccnc2C)c1. The summed E-state index contributed by atoms with van der Waals surface area (Å²) < 4.78 is 7.21. The molecule has 2 aromatic rings. The molecule has 0 atom stereocenters. The van der Waals surface area contributed by atoms with Crippen LogP contribution in [0.3, 0.4) is 0 Å². The van der Waals surface area contributed by atoms with Crippen LogP contribution in [0.4, 0.5) is 0 Å². The van der Waals surface area contributed by atoms with Gasteiger partial charge < -0.3 is 14.4 Å². The minimum absolute atomic E-state index is 0.613. The molecule has 1 N–H and O–H groups in total. The molecule has 0 fully saturated rings. The van der Waals surface area contributed by atoms with E-state index in [0.717, 1.165) is 28.8 Å². The lowest BCUT2D eigenvalue weighted by Gasteiger charge is -2.10. The molecule has 1 aromatic carbocycles. The number of ether oxygens (including phenoxy) is 1. The highest BCUT2D eigenvalue weighted by molar-refractivity contribution is 5.85. The first-order chi connectivity index (χ1) is 9.60. The van der Waals surface area contributed by atoms with E-state index in [-0.39, 0.29) is 0 Å². The first-order valence-corrected chi connectivity index (χ1v) is 6.16. The number of carbonyl (C=O) groups is 1. The van der Waals surface area contributed by atoms with Crippen LogP contribution in [0, 0.1) is 6.92 Å². The number of methoxy groups -OCH3 is 1. The summed E-state index contributed by atoms with van der Waals surface area (Å²) in [6, 6.07) is 5.56. The van der Waals surface area contributed by atoms with Crippen molar-refractivity contribution in [3.8, 4) is 5.75 Å². The van der Waals surface area contributed by atoms with E-state index in [2.05, 4.69) is 4.98 Å². The number of aromatic nitrogens is 2. The Kier molecular flexibility index (Phi) is 4.20. The lowest BCUT2D eigenvalue weighted by molar-refractivity contribution is -0.131. The zero-order valence-corrected chi connectivity index (χ0v) is 11.4. The fourth-order valence-electron chi connectivity index (χ4n) is 1.92. The van der Waals surface area contributed by atoms with Crippen LogP contribution in [0.25, 0.3) is 6.08 Å². The van der Waals surface area contributed by atoms with E-state index in [1.165, 1.54) is 0 Å². The number of hydrogen-bond acceptors (Lipinski definition) is 3. The first kappa shape index (κ1) is 13.9. The van der Waals surface area contributed by atoms with Gasteiger partial charge in [0.2, 0.25) is 0 Å². The van der Waals surface area contributed by atoms with Gasteiger partial charge in [-0.3, -0.25) is 0 Å². The van der Waals surface area contributed by atoms with E-state index in [0.29, 0.717) is 6.54 Å². The molecule has 2 rings (SSSR count). The van der Waals surface area contributed by atoms with Crippen LogP contribution >= 0.6 is 0 Å². The van der Waals surface area contributed by atoms with Gasteiger partial charge in [0.1, 0.15) is 11.6 Å². The Bertz CT molecular complexity index is 644. The molecule has 1 aromatic heterocycles. The highest BCUT2D eigenvalue weighted by atomic mass is 16.5. The van der Waals surface area contributed by atoms with E-state index in [1.807, 2.05) is 35.9 Å². The average molecular weight is 272 g/mol. The Hall–Kier alpha value is -2.56. The molecule has 0 aliphatic heterocycles. The van der Waals surface area contributed by atoms with Gasteiger partial charge in [-0.25, -0.2) is 9.78 Å². The van der Waals surface area contributed by atoms with E-state index in [4.69, 9.17) is 9.84 Å². The fraction of sp³-hybridized carbons (Fsp3) is 0.200. The number of hydrogen-bond donors (Lipinski definition) is 1. The number of benzene rings is 1. The van der Waals surface area contributed by atoms with Crippen molar-refractivity contribution >= 4 is 12.0 Å². The van der Waals surface area contributed by atoms with Crippen molar-refractivity contribution in [3.63, 3.8) is 0 Å². The minimum Gasteiger partial charge on any atom is -0.497 e. The summed E-state index contributed by atoms with van der Waals surface area (Å²) in [6.07, 6.45) is 6.34. The van der Waals surface area contributed by atoms with Crippen LogP contribution in [0.5, 0.6) is 5.75 Å². The summed E-state index contributed by atoms with van der Waals surface area (Å²) in [5, 5.41) is 8.74. The number of aliphatic carboxylic acids is 1. The van der Waals surface area contributed by atoms with Gasteiger partial charge in [0, 0.05) is 25.0 Å². The first-order valence-electron chi connectivity index (χ1n) is 6.16. The van der Waals surface area contributed by atoms with Crippen LogP contribution in [-0.4, -0.2) is 27.7 Å². The summed E-state index contributed by atoms with van der Waals surface area (Å²) in [5.41, 5.74) is 1.82. The maximum atomic E-state index is 10.7. The number of aryl methyl sites for hydroxylation is 1. The number of carboxylic acids is 1. The van der Waals surface area contributed by atoms with Gasteiger partial charge in [0.15, 0.2) is 0 Å². The van der Waals surface area contributed by atoms with Gasteiger partial charge >= 0.3 is 5.97 Å². The zero-order chi connectivity index (χ0) is 14.5. The Morgan fingerprint density at radius 1 is 1.50 bits per heavy atom. The van der Waals surface area contributed by atoms with Crippen LogP contribution < -0.4 is 4.74 Å².